The van der Waals surface area contributed by atoms with Crippen molar-refractivity contribution < 1.29 is 9.90 Å². The molecule has 2 nitrogen and oxygen atoms in total. The first-order valence-corrected chi connectivity index (χ1v) is 9.99. The minimum atomic E-state index is -0.667. The van der Waals surface area contributed by atoms with E-state index in [1.54, 1.807) is 0 Å². The van der Waals surface area contributed by atoms with Gasteiger partial charge in [0, 0.05) is 0 Å². The topological polar surface area (TPSA) is 37.3 Å². The van der Waals surface area contributed by atoms with E-state index in [4.69, 9.17) is 5.11 Å². The van der Waals surface area contributed by atoms with Gasteiger partial charge in [0.05, 0.1) is 5.41 Å². The normalized spacial score (nSPS) is 13.5. The molecule has 0 aromatic rings. The van der Waals surface area contributed by atoms with Crippen LogP contribution in [0.5, 0.6) is 0 Å². The number of unbranched alkanes of at least 4 members (excludes halogenated alkanes) is 6. The predicted octanol–water partition coefficient (Wildman–Crippen LogP) is 7.07. The van der Waals surface area contributed by atoms with Crippen LogP contribution in [-0.2, 0) is 4.79 Å². The van der Waals surface area contributed by atoms with E-state index >= 15 is 0 Å². The third-order valence-corrected chi connectivity index (χ3v) is 5.06. The molecule has 0 rings (SSSR count). The Labute approximate surface area is 145 Å². The van der Waals surface area contributed by atoms with Crippen molar-refractivity contribution in [2.24, 2.45) is 17.3 Å². The van der Waals surface area contributed by atoms with Crippen LogP contribution in [0.2, 0.25) is 0 Å². The van der Waals surface area contributed by atoms with Crippen molar-refractivity contribution in [3.8, 4) is 0 Å². The molecule has 1 N–H and O–H groups in total. The molecule has 0 fully saturated rings. The average molecular weight is 327 g/mol. The first-order valence-electron chi connectivity index (χ1n) is 9.99. The molecular formula is C21H42O2. The lowest BCUT2D eigenvalue weighted by molar-refractivity contribution is -0.147. The molecule has 0 saturated carbocycles. The number of carboxylic acid groups (broad SMARTS) is 1. The fourth-order valence-corrected chi connectivity index (χ4v) is 3.07. The molecule has 0 amide bonds. The van der Waals surface area contributed by atoms with Gasteiger partial charge in [-0.2, -0.15) is 0 Å². The largest absolute Gasteiger partial charge is 0.481 e. The SMILES string of the molecule is CC(C)CCCC(C)CCCCCCCCCC(C)(C)C(=O)O. The maximum Gasteiger partial charge on any atom is 0.309 e. The summed E-state index contributed by atoms with van der Waals surface area (Å²) < 4.78 is 0. The molecular weight excluding hydrogens is 284 g/mol. The smallest absolute Gasteiger partial charge is 0.309 e. The third kappa shape index (κ3) is 13.6. The zero-order chi connectivity index (χ0) is 17.7. The molecule has 1 atom stereocenters. The molecule has 0 heterocycles. The summed E-state index contributed by atoms with van der Waals surface area (Å²) in [6.45, 7) is 10.7. The van der Waals surface area contributed by atoms with E-state index in [9.17, 15) is 4.79 Å². The second kappa shape index (κ2) is 12.8. The van der Waals surface area contributed by atoms with E-state index in [-0.39, 0.29) is 0 Å². The first kappa shape index (κ1) is 22.5. The molecule has 0 aliphatic heterocycles. The lowest BCUT2D eigenvalue weighted by Gasteiger charge is -2.18. The Balaban J connectivity index is 3.35. The minimum absolute atomic E-state index is 0.550. The summed E-state index contributed by atoms with van der Waals surface area (Å²) in [4.78, 5) is 11.0. The van der Waals surface area contributed by atoms with E-state index in [1.807, 2.05) is 13.8 Å². The van der Waals surface area contributed by atoms with E-state index < -0.39 is 11.4 Å². The Morgan fingerprint density at radius 3 is 1.78 bits per heavy atom. The summed E-state index contributed by atoms with van der Waals surface area (Å²) in [5, 5.41) is 9.07. The number of carboxylic acids is 1. The Morgan fingerprint density at radius 1 is 0.783 bits per heavy atom. The molecule has 23 heavy (non-hydrogen) atoms. The van der Waals surface area contributed by atoms with Gasteiger partial charge < -0.3 is 5.11 Å². The molecule has 0 aliphatic carbocycles. The Bertz CT molecular complexity index is 294. The zero-order valence-corrected chi connectivity index (χ0v) is 16.5. The molecule has 138 valence electrons. The summed E-state index contributed by atoms with van der Waals surface area (Å²) in [5.74, 6) is 1.08. The second-order valence-electron chi connectivity index (χ2n) is 8.63. The van der Waals surface area contributed by atoms with Gasteiger partial charge in [-0.15, -0.1) is 0 Å². The molecule has 0 aromatic carbocycles. The van der Waals surface area contributed by atoms with Crippen molar-refractivity contribution in [1.29, 1.82) is 0 Å². The van der Waals surface area contributed by atoms with Gasteiger partial charge in [0.2, 0.25) is 0 Å². The van der Waals surface area contributed by atoms with E-state index in [0.29, 0.717) is 0 Å². The van der Waals surface area contributed by atoms with Gasteiger partial charge in [0.1, 0.15) is 0 Å². The summed E-state index contributed by atoms with van der Waals surface area (Å²) >= 11 is 0. The van der Waals surface area contributed by atoms with Crippen molar-refractivity contribution >= 4 is 5.97 Å². The van der Waals surface area contributed by atoms with E-state index in [1.165, 1.54) is 64.2 Å². The molecule has 0 aliphatic rings. The van der Waals surface area contributed by atoms with Crippen LogP contribution in [0.3, 0.4) is 0 Å². The third-order valence-electron chi connectivity index (χ3n) is 5.06. The lowest BCUT2D eigenvalue weighted by atomic mass is 9.87. The van der Waals surface area contributed by atoms with Crippen molar-refractivity contribution in [3.63, 3.8) is 0 Å². The highest BCUT2D eigenvalue weighted by Gasteiger charge is 2.25. The number of hydrogen-bond donors (Lipinski definition) is 1. The zero-order valence-electron chi connectivity index (χ0n) is 16.5. The second-order valence-corrected chi connectivity index (χ2v) is 8.63. The van der Waals surface area contributed by atoms with Crippen molar-refractivity contribution in [3.05, 3.63) is 0 Å². The standard InChI is InChI=1S/C21H42O2/c1-18(2)14-13-16-19(3)15-11-9-7-6-8-10-12-17-21(4,5)20(22)23/h18-19H,6-17H2,1-5H3,(H,22,23). The van der Waals surface area contributed by atoms with Crippen molar-refractivity contribution in [2.45, 2.75) is 112 Å². The van der Waals surface area contributed by atoms with Crippen LogP contribution in [0.1, 0.15) is 112 Å². The van der Waals surface area contributed by atoms with Crippen molar-refractivity contribution in [2.75, 3.05) is 0 Å². The van der Waals surface area contributed by atoms with Gasteiger partial charge in [-0.05, 0) is 32.1 Å². The van der Waals surface area contributed by atoms with Crippen LogP contribution >= 0.6 is 0 Å². The Kier molecular flexibility index (Phi) is 12.5. The van der Waals surface area contributed by atoms with Gasteiger partial charge >= 0.3 is 5.97 Å². The maximum absolute atomic E-state index is 11.0. The van der Waals surface area contributed by atoms with Gasteiger partial charge in [-0.25, -0.2) is 0 Å². The van der Waals surface area contributed by atoms with Crippen LogP contribution in [0.25, 0.3) is 0 Å². The highest BCUT2D eigenvalue weighted by molar-refractivity contribution is 5.73. The quantitative estimate of drug-likeness (QED) is 0.327. The summed E-state index contributed by atoms with van der Waals surface area (Å²) in [5.41, 5.74) is -0.550. The fourth-order valence-electron chi connectivity index (χ4n) is 3.07. The van der Waals surface area contributed by atoms with Crippen LogP contribution in [-0.4, -0.2) is 11.1 Å². The van der Waals surface area contributed by atoms with Gasteiger partial charge in [-0.3, -0.25) is 4.79 Å². The molecule has 0 bridgehead atoms. The fraction of sp³-hybridized carbons (Fsp3) is 0.952. The van der Waals surface area contributed by atoms with Gasteiger partial charge in [-0.1, -0.05) is 91.4 Å². The minimum Gasteiger partial charge on any atom is -0.481 e. The Hall–Kier alpha value is -0.530. The number of hydrogen-bond acceptors (Lipinski definition) is 1. The molecule has 0 radical (unpaired) electrons. The highest BCUT2D eigenvalue weighted by atomic mass is 16.4. The molecule has 0 aromatic heterocycles. The Morgan fingerprint density at radius 2 is 1.26 bits per heavy atom. The predicted molar refractivity (Wildman–Crippen MR) is 101 cm³/mol. The number of rotatable bonds is 15. The molecule has 0 spiro atoms. The van der Waals surface area contributed by atoms with E-state index in [0.717, 1.165) is 24.7 Å². The van der Waals surface area contributed by atoms with Crippen LogP contribution in [0.15, 0.2) is 0 Å². The van der Waals surface area contributed by atoms with Crippen LogP contribution in [0.4, 0.5) is 0 Å². The van der Waals surface area contributed by atoms with Crippen LogP contribution < -0.4 is 0 Å². The molecule has 0 saturated heterocycles. The monoisotopic (exact) mass is 326 g/mol. The number of carbonyl (C=O) groups is 1. The lowest BCUT2D eigenvalue weighted by Crippen LogP contribution is -2.23. The maximum atomic E-state index is 11.0. The first-order chi connectivity index (χ1) is 10.8. The summed E-state index contributed by atoms with van der Waals surface area (Å²) in [6, 6.07) is 0. The molecule has 2 heteroatoms. The number of aliphatic carboxylic acids is 1. The van der Waals surface area contributed by atoms with Gasteiger partial charge in [0.15, 0.2) is 0 Å². The average Bonchev–Trinajstić information content (AvgIpc) is 2.44. The van der Waals surface area contributed by atoms with E-state index in [2.05, 4.69) is 20.8 Å². The molecule has 1 unspecified atom stereocenters. The summed E-state index contributed by atoms with van der Waals surface area (Å²) in [6.07, 6.45) is 15.3. The van der Waals surface area contributed by atoms with Crippen LogP contribution in [0, 0.1) is 17.3 Å². The van der Waals surface area contributed by atoms with Gasteiger partial charge in [0.25, 0.3) is 0 Å². The highest BCUT2D eigenvalue weighted by Crippen LogP contribution is 2.24. The summed E-state index contributed by atoms with van der Waals surface area (Å²) in [7, 11) is 0. The van der Waals surface area contributed by atoms with Crippen molar-refractivity contribution in [1.82, 2.24) is 0 Å².